The highest BCUT2D eigenvalue weighted by Gasteiger charge is 2.32. The zero-order valence-electron chi connectivity index (χ0n) is 14.3. The number of nitrogens with zero attached hydrogens (tertiary/aromatic N) is 2. The number of hydrogen-bond donors (Lipinski definition) is 0. The molecule has 0 N–H and O–H groups in total. The van der Waals surface area contributed by atoms with Gasteiger partial charge in [-0.25, -0.2) is 0 Å². The first-order valence-corrected chi connectivity index (χ1v) is 7.87. The van der Waals surface area contributed by atoms with Gasteiger partial charge < -0.3 is 9.80 Å². The molecule has 0 radical (unpaired) electrons. The summed E-state index contributed by atoms with van der Waals surface area (Å²) in [5.74, 6) is 0.0981. The molecule has 0 atom stereocenters. The molecule has 1 aromatic rings. The Morgan fingerprint density at radius 2 is 1.61 bits per heavy atom. The van der Waals surface area contributed by atoms with Gasteiger partial charge in [-0.3, -0.25) is 4.79 Å². The Morgan fingerprint density at radius 3 is 2.04 bits per heavy atom. The molecule has 0 bridgehead atoms. The molecule has 0 amide bonds. The maximum absolute atomic E-state index is 12.7. The summed E-state index contributed by atoms with van der Waals surface area (Å²) in [6.45, 7) is 3.37. The molecule has 1 aromatic carbocycles. The fraction of sp³-hybridized carbons (Fsp3) is 0.471. The Morgan fingerprint density at radius 1 is 1.09 bits per heavy atom. The minimum Gasteiger partial charge on any atom is -0.308 e. The van der Waals surface area contributed by atoms with E-state index in [2.05, 4.69) is 0 Å². The standard InChI is InChI=1S/C17H24Cl2N2O.ClH/c1-17(11-20(2)3,12-21(4)5)16(22)9-7-13-6-8-14(18)15(19)10-13;/h6-10H,11-12H2,1-5H3;1H. The van der Waals surface area contributed by atoms with E-state index in [1.54, 1.807) is 24.3 Å². The number of rotatable bonds is 7. The minimum atomic E-state index is -0.459. The molecule has 0 aliphatic heterocycles. The Labute approximate surface area is 155 Å². The summed E-state index contributed by atoms with van der Waals surface area (Å²) in [7, 11) is 7.90. The summed E-state index contributed by atoms with van der Waals surface area (Å²) >= 11 is 11.9. The topological polar surface area (TPSA) is 23.6 Å². The van der Waals surface area contributed by atoms with Crippen LogP contribution in [-0.2, 0) is 4.79 Å². The monoisotopic (exact) mass is 378 g/mol. The average molecular weight is 380 g/mol. The quantitative estimate of drug-likeness (QED) is 0.666. The van der Waals surface area contributed by atoms with E-state index < -0.39 is 5.41 Å². The lowest BCUT2D eigenvalue weighted by molar-refractivity contribution is -0.124. The lowest BCUT2D eigenvalue weighted by Gasteiger charge is -2.32. The second-order valence-corrected chi connectivity index (χ2v) is 7.22. The van der Waals surface area contributed by atoms with Crippen molar-refractivity contribution in [3.8, 4) is 0 Å². The predicted octanol–water partition coefficient (Wildman–Crippen LogP) is 4.13. The molecule has 0 heterocycles. The average Bonchev–Trinajstić information content (AvgIpc) is 2.37. The van der Waals surface area contributed by atoms with Gasteiger partial charge in [0.15, 0.2) is 5.78 Å². The van der Waals surface area contributed by atoms with Crippen LogP contribution < -0.4 is 0 Å². The maximum atomic E-state index is 12.7. The van der Waals surface area contributed by atoms with Crippen LogP contribution >= 0.6 is 35.6 Å². The molecule has 0 unspecified atom stereocenters. The van der Waals surface area contributed by atoms with Crippen molar-refractivity contribution in [3.05, 3.63) is 39.9 Å². The highest BCUT2D eigenvalue weighted by atomic mass is 35.5. The van der Waals surface area contributed by atoms with Crippen molar-refractivity contribution >= 4 is 47.5 Å². The molecule has 0 fully saturated rings. The van der Waals surface area contributed by atoms with Crippen LogP contribution in [0.2, 0.25) is 10.0 Å². The lowest BCUT2D eigenvalue weighted by atomic mass is 9.84. The molecule has 0 saturated carbocycles. The summed E-state index contributed by atoms with van der Waals surface area (Å²) in [5.41, 5.74) is 0.402. The van der Waals surface area contributed by atoms with Crippen LogP contribution in [0.15, 0.2) is 24.3 Å². The first kappa shape index (κ1) is 22.4. The van der Waals surface area contributed by atoms with E-state index in [1.165, 1.54) is 0 Å². The van der Waals surface area contributed by atoms with Crippen LogP contribution in [0.3, 0.4) is 0 Å². The fourth-order valence-corrected chi connectivity index (χ4v) is 2.90. The second kappa shape index (κ2) is 9.65. The van der Waals surface area contributed by atoms with Crippen molar-refractivity contribution in [2.75, 3.05) is 41.3 Å². The minimum absolute atomic E-state index is 0. The van der Waals surface area contributed by atoms with Crippen molar-refractivity contribution in [1.29, 1.82) is 0 Å². The van der Waals surface area contributed by atoms with E-state index in [4.69, 9.17) is 23.2 Å². The fourth-order valence-electron chi connectivity index (χ4n) is 2.59. The van der Waals surface area contributed by atoms with Gasteiger partial charge in [-0.05, 0) is 58.9 Å². The Kier molecular flexibility index (Phi) is 9.41. The zero-order valence-corrected chi connectivity index (χ0v) is 16.6. The van der Waals surface area contributed by atoms with Gasteiger partial charge >= 0.3 is 0 Å². The van der Waals surface area contributed by atoms with Gasteiger partial charge in [0.2, 0.25) is 0 Å². The number of carbonyl (C=O) groups excluding carboxylic acids is 1. The van der Waals surface area contributed by atoms with Crippen LogP contribution in [0.1, 0.15) is 12.5 Å². The van der Waals surface area contributed by atoms with E-state index in [-0.39, 0.29) is 18.2 Å². The van der Waals surface area contributed by atoms with Crippen LogP contribution in [-0.4, -0.2) is 56.9 Å². The number of ketones is 1. The van der Waals surface area contributed by atoms with Gasteiger partial charge in [-0.15, -0.1) is 12.4 Å². The third-order valence-corrected chi connectivity index (χ3v) is 4.04. The largest absolute Gasteiger partial charge is 0.308 e. The molecular formula is C17H25Cl3N2O. The van der Waals surface area contributed by atoms with Crippen LogP contribution in [0.5, 0.6) is 0 Å². The Balaban J connectivity index is 0.00000484. The third kappa shape index (κ3) is 7.23. The Bertz CT molecular complexity index is 547. The van der Waals surface area contributed by atoms with Crippen molar-refractivity contribution in [2.24, 2.45) is 5.41 Å². The van der Waals surface area contributed by atoms with Gasteiger partial charge in [0.05, 0.1) is 15.5 Å². The van der Waals surface area contributed by atoms with Crippen molar-refractivity contribution < 1.29 is 4.79 Å². The van der Waals surface area contributed by atoms with Gasteiger partial charge in [-0.1, -0.05) is 35.3 Å². The number of allylic oxidation sites excluding steroid dienone is 1. The lowest BCUT2D eigenvalue weighted by Crippen LogP contribution is -2.44. The number of halogens is 3. The summed E-state index contributed by atoms with van der Waals surface area (Å²) in [5, 5.41) is 0.996. The van der Waals surface area contributed by atoms with Crippen molar-refractivity contribution in [3.63, 3.8) is 0 Å². The highest BCUT2D eigenvalue weighted by molar-refractivity contribution is 6.42. The first-order chi connectivity index (χ1) is 10.1. The van der Waals surface area contributed by atoms with Crippen LogP contribution in [0.25, 0.3) is 6.08 Å². The molecule has 0 spiro atoms. The number of benzene rings is 1. The smallest absolute Gasteiger partial charge is 0.164 e. The molecular weight excluding hydrogens is 355 g/mol. The first-order valence-electron chi connectivity index (χ1n) is 7.11. The molecule has 23 heavy (non-hydrogen) atoms. The molecule has 0 saturated heterocycles. The normalized spacial score (nSPS) is 12.0. The van der Waals surface area contributed by atoms with E-state index >= 15 is 0 Å². The molecule has 0 aliphatic carbocycles. The third-order valence-electron chi connectivity index (χ3n) is 3.30. The Hall–Kier alpha value is -0.580. The second-order valence-electron chi connectivity index (χ2n) is 6.41. The molecule has 1 rings (SSSR count). The van der Waals surface area contributed by atoms with E-state index in [0.717, 1.165) is 5.56 Å². The van der Waals surface area contributed by atoms with Crippen LogP contribution in [0, 0.1) is 5.41 Å². The summed E-state index contributed by atoms with van der Waals surface area (Å²) in [6.07, 6.45) is 3.42. The molecule has 0 aliphatic rings. The van der Waals surface area contributed by atoms with Crippen LogP contribution in [0.4, 0.5) is 0 Å². The van der Waals surface area contributed by atoms with Gasteiger partial charge in [-0.2, -0.15) is 0 Å². The van der Waals surface area contributed by atoms with Gasteiger partial charge in [0, 0.05) is 13.1 Å². The molecule has 3 nitrogen and oxygen atoms in total. The van der Waals surface area contributed by atoms with Crippen molar-refractivity contribution in [1.82, 2.24) is 9.80 Å². The summed E-state index contributed by atoms with van der Waals surface area (Å²) < 4.78 is 0. The van der Waals surface area contributed by atoms with Gasteiger partial charge in [0.25, 0.3) is 0 Å². The predicted molar refractivity (Wildman–Crippen MR) is 103 cm³/mol. The molecule has 6 heteroatoms. The molecule has 0 aromatic heterocycles. The highest BCUT2D eigenvalue weighted by Crippen LogP contribution is 2.24. The van der Waals surface area contributed by atoms with Gasteiger partial charge in [0.1, 0.15) is 0 Å². The molecule has 130 valence electrons. The van der Waals surface area contributed by atoms with Crippen molar-refractivity contribution in [2.45, 2.75) is 6.92 Å². The maximum Gasteiger partial charge on any atom is 0.164 e. The van der Waals surface area contributed by atoms with E-state index in [0.29, 0.717) is 23.1 Å². The summed E-state index contributed by atoms with van der Waals surface area (Å²) in [4.78, 5) is 16.7. The van der Waals surface area contributed by atoms with E-state index in [1.807, 2.05) is 51.0 Å². The number of hydrogen-bond acceptors (Lipinski definition) is 3. The van der Waals surface area contributed by atoms with E-state index in [9.17, 15) is 4.79 Å². The summed E-state index contributed by atoms with van der Waals surface area (Å²) in [6, 6.07) is 5.32. The number of carbonyl (C=O) groups is 1. The zero-order chi connectivity index (χ0) is 16.9. The SMILES string of the molecule is CN(C)CC(C)(CN(C)C)C(=O)C=Cc1ccc(Cl)c(Cl)c1.Cl.